The van der Waals surface area contributed by atoms with Crippen LogP contribution in [0.4, 0.5) is 0 Å². The van der Waals surface area contributed by atoms with E-state index in [2.05, 4.69) is 11.0 Å². The van der Waals surface area contributed by atoms with Gasteiger partial charge in [0.2, 0.25) is 0 Å². The second-order valence-corrected chi connectivity index (χ2v) is 6.98. The van der Waals surface area contributed by atoms with Crippen molar-refractivity contribution in [1.29, 1.82) is 0 Å². The third-order valence-corrected chi connectivity index (χ3v) is 5.17. The van der Waals surface area contributed by atoms with Crippen LogP contribution in [0.5, 0.6) is 0 Å². The Labute approximate surface area is 138 Å². The molecule has 3 rings (SSSR count). The molecule has 1 saturated heterocycles. The largest absolute Gasteiger partial charge is 0.459 e. The first-order chi connectivity index (χ1) is 11.1. The van der Waals surface area contributed by atoms with Gasteiger partial charge in [-0.1, -0.05) is 37.1 Å². The van der Waals surface area contributed by atoms with Crippen molar-refractivity contribution in [3.05, 3.63) is 35.4 Å². The highest BCUT2D eigenvalue weighted by atomic mass is 16.6. The molecule has 1 heterocycles. The van der Waals surface area contributed by atoms with E-state index in [-0.39, 0.29) is 6.10 Å². The smallest absolute Gasteiger partial charge is 0.339 e. The van der Waals surface area contributed by atoms with Crippen LogP contribution in [0.2, 0.25) is 0 Å². The number of piperidine rings is 1. The number of likely N-dealkylation sites (N-methyl/N-ethyl adjacent to an activating group) is 1. The molecule has 1 saturated carbocycles. The molecular weight excluding hydrogens is 290 g/mol. The van der Waals surface area contributed by atoms with E-state index in [1.165, 1.54) is 12.8 Å². The molecule has 0 spiro atoms. The van der Waals surface area contributed by atoms with Gasteiger partial charge in [0.15, 0.2) is 6.10 Å². The monoisotopic (exact) mass is 317 g/mol. The second-order valence-electron chi connectivity index (χ2n) is 6.98. The fourth-order valence-corrected chi connectivity index (χ4v) is 3.94. The van der Waals surface area contributed by atoms with E-state index in [9.17, 15) is 9.90 Å². The van der Waals surface area contributed by atoms with Gasteiger partial charge in [0.05, 0.1) is 0 Å². The predicted molar refractivity (Wildman–Crippen MR) is 89.2 cm³/mol. The zero-order valence-electron chi connectivity index (χ0n) is 13.9. The Bertz CT molecular complexity index is 539. The summed E-state index contributed by atoms with van der Waals surface area (Å²) in [5, 5.41) is 10.5. The van der Waals surface area contributed by atoms with Gasteiger partial charge in [0.1, 0.15) is 6.10 Å². The zero-order chi connectivity index (χ0) is 16.2. The molecule has 2 atom stereocenters. The Morgan fingerprint density at radius 3 is 2.70 bits per heavy atom. The van der Waals surface area contributed by atoms with Crippen LogP contribution >= 0.6 is 0 Å². The molecule has 4 nitrogen and oxygen atoms in total. The first kappa shape index (κ1) is 16.5. The lowest BCUT2D eigenvalue weighted by Gasteiger charge is -2.30. The SMILES string of the molecule is CN1CCCC(OC(=O)C(O)c2ccccc2C2CCCC2)C1. The highest BCUT2D eigenvalue weighted by Crippen LogP contribution is 2.37. The Morgan fingerprint density at radius 2 is 1.96 bits per heavy atom. The lowest BCUT2D eigenvalue weighted by Crippen LogP contribution is -2.39. The lowest BCUT2D eigenvalue weighted by atomic mass is 9.90. The van der Waals surface area contributed by atoms with Gasteiger partial charge in [-0.15, -0.1) is 0 Å². The number of nitrogens with zero attached hydrogens (tertiary/aromatic N) is 1. The number of aliphatic hydroxyl groups is 1. The Morgan fingerprint density at radius 1 is 1.22 bits per heavy atom. The summed E-state index contributed by atoms with van der Waals surface area (Å²) in [7, 11) is 2.03. The average Bonchev–Trinajstić information content (AvgIpc) is 3.08. The Balaban J connectivity index is 1.69. The number of rotatable bonds is 4. The number of likely N-dealkylation sites (tertiary alicyclic amines) is 1. The maximum atomic E-state index is 12.4. The molecule has 2 unspecified atom stereocenters. The van der Waals surface area contributed by atoms with E-state index in [0.717, 1.165) is 49.9 Å². The highest BCUT2D eigenvalue weighted by molar-refractivity contribution is 5.77. The molecule has 0 amide bonds. The number of esters is 1. The van der Waals surface area contributed by atoms with Crippen LogP contribution in [0.15, 0.2) is 24.3 Å². The van der Waals surface area contributed by atoms with Crippen molar-refractivity contribution in [3.63, 3.8) is 0 Å². The van der Waals surface area contributed by atoms with E-state index in [4.69, 9.17) is 4.74 Å². The van der Waals surface area contributed by atoms with Gasteiger partial charge in [-0.3, -0.25) is 0 Å². The molecule has 0 bridgehead atoms. The van der Waals surface area contributed by atoms with Gasteiger partial charge in [-0.05, 0) is 56.3 Å². The minimum absolute atomic E-state index is 0.102. The predicted octanol–water partition coefficient (Wildman–Crippen LogP) is 3.02. The molecule has 1 N–H and O–H groups in total. The minimum atomic E-state index is -1.17. The summed E-state index contributed by atoms with van der Waals surface area (Å²) in [6.07, 6.45) is 5.39. The van der Waals surface area contributed by atoms with Crippen molar-refractivity contribution >= 4 is 5.97 Å². The quantitative estimate of drug-likeness (QED) is 0.867. The van der Waals surface area contributed by atoms with Crippen LogP contribution in [0.25, 0.3) is 0 Å². The summed E-state index contributed by atoms with van der Waals surface area (Å²) in [4.78, 5) is 14.6. The number of carbonyl (C=O) groups is 1. The van der Waals surface area contributed by atoms with E-state index in [1.807, 2.05) is 25.2 Å². The second kappa shape index (κ2) is 7.45. The summed E-state index contributed by atoms with van der Waals surface area (Å²) >= 11 is 0. The van der Waals surface area contributed by atoms with E-state index in [0.29, 0.717) is 5.92 Å². The van der Waals surface area contributed by atoms with Gasteiger partial charge < -0.3 is 14.7 Å². The summed E-state index contributed by atoms with van der Waals surface area (Å²) in [5.74, 6) is -0.0368. The van der Waals surface area contributed by atoms with Crippen LogP contribution in [0.1, 0.15) is 61.7 Å². The van der Waals surface area contributed by atoms with Gasteiger partial charge in [0, 0.05) is 6.54 Å². The van der Waals surface area contributed by atoms with Crippen molar-refractivity contribution in [2.45, 2.75) is 56.7 Å². The first-order valence-electron chi connectivity index (χ1n) is 8.81. The van der Waals surface area contributed by atoms with Crippen LogP contribution in [0.3, 0.4) is 0 Å². The standard InChI is InChI=1S/C19H27NO3/c1-20-12-6-9-15(13-20)23-19(22)18(21)17-11-5-4-10-16(17)14-7-2-3-8-14/h4-5,10-11,14-15,18,21H,2-3,6-9,12-13H2,1H3. The van der Waals surface area contributed by atoms with Crippen LogP contribution in [-0.4, -0.2) is 42.2 Å². The zero-order valence-corrected chi connectivity index (χ0v) is 13.9. The molecule has 1 aromatic carbocycles. The molecule has 126 valence electrons. The van der Waals surface area contributed by atoms with E-state index in [1.54, 1.807) is 0 Å². The molecule has 0 aromatic heterocycles. The number of hydrogen-bond donors (Lipinski definition) is 1. The molecule has 2 aliphatic rings. The Kier molecular flexibility index (Phi) is 5.34. The number of carbonyl (C=O) groups excluding carboxylic acids is 1. The number of ether oxygens (including phenoxy) is 1. The number of hydrogen-bond acceptors (Lipinski definition) is 4. The third-order valence-electron chi connectivity index (χ3n) is 5.17. The summed E-state index contributed by atoms with van der Waals surface area (Å²) in [6, 6.07) is 7.80. The van der Waals surface area contributed by atoms with Gasteiger partial charge >= 0.3 is 5.97 Å². The molecule has 2 fully saturated rings. The van der Waals surface area contributed by atoms with Crippen molar-refractivity contribution in [2.24, 2.45) is 0 Å². The van der Waals surface area contributed by atoms with Gasteiger partial charge in [-0.2, -0.15) is 0 Å². The highest BCUT2D eigenvalue weighted by Gasteiger charge is 2.29. The summed E-state index contributed by atoms with van der Waals surface area (Å²) in [6.45, 7) is 1.80. The molecular formula is C19H27NO3. The molecule has 0 radical (unpaired) electrons. The fourth-order valence-electron chi connectivity index (χ4n) is 3.94. The van der Waals surface area contributed by atoms with Crippen LogP contribution < -0.4 is 0 Å². The first-order valence-corrected chi connectivity index (χ1v) is 8.81. The van der Waals surface area contributed by atoms with Crippen molar-refractivity contribution in [1.82, 2.24) is 4.90 Å². The Hall–Kier alpha value is -1.39. The van der Waals surface area contributed by atoms with E-state index < -0.39 is 12.1 Å². The topological polar surface area (TPSA) is 49.8 Å². The van der Waals surface area contributed by atoms with Crippen LogP contribution in [-0.2, 0) is 9.53 Å². The molecule has 1 aromatic rings. The number of aliphatic hydroxyl groups excluding tert-OH is 1. The average molecular weight is 317 g/mol. The molecule has 4 heteroatoms. The van der Waals surface area contributed by atoms with Gasteiger partial charge in [0.25, 0.3) is 0 Å². The maximum absolute atomic E-state index is 12.4. The lowest BCUT2D eigenvalue weighted by molar-refractivity contribution is -0.161. The normalized spacial score (nSPS) is 24.5. The molecule has 1 aliphatic heterocycles. The third kappa shape index (κ3) is 3.93. The van der Waals surface area contributed by atoms with Gasteiger partial charge in [-0.25, -0.2) is 4.79 Å². The molecule has 23 heavy (non-hydrogen) atoms. The fraction of sp³-hybridized carbons (Fsp3) is 0.632. The molecule has 1 aliphatic carbocycles. The minimum Gasteiger partial charge on any atom is -0.459 e. The van der Waals surface area contributed by atoms with E-state index >= 15 is 0 Å². The van der Waals surface area contributed by atoms with Crippen molar-refractivity contribution in [3.8, 4) is 0 Å². The summed E-state index contributed by atoms with van der Waals surface area (Å²) < 4.78 is 5.56. The van der Waals surface area contributed by atoms with Crippen molar-refractivity contribution in [2.75, 3.05) is 20.1 Å². The van der Waals surface area contributed by atoms with Crippen LogP contribution in [0, 0.1) is 0 Å². The van der Waals surface area contributed by atoms with Crippen molar-refractivity contribution < 1.29 is 14.6 Å². The number of benzene rings is 1. The maximum Gasteiger partial charge on any atom is 0.339 e. The summed E-state index contributed by atoms with van der Waals surface area (Å²) in [5.41, 5.74) is 1.85.